The van der Waals surface area contributed by atoms with E-state index in [0.717, 1.165) is 18.6 Å². The molecule has 13 heteroatoms. The van der Waals surface area contributed by atoms with Gasteiger partial charge in [-0.15, -0.1) is 0 Å². The van der Waals surface area contributed by atoms with Crippen LogP contribution < -0.4 is 0 Å². The fourth-order valence-electron chi connectivity index (χ4n) is 5.27. The molecule has 336 valence electrons. The summed E-state index contributed by atoms with van der Waals surface area (Å²) in [5.74, 6) is 0. The summed E-state index contributed by atoms with van der Waals surface area (Å²) < 4.78 is 72.0. The SMILES string of the molecule is CCCCCCCCCCCCCOCCOCCOCCOCCOCCOCCOCCOCCOCCOCCOCCOCCOCc1ccccc1. The topological polar surface area (TPSA) is 120 Å². The lowest BCUT2D eigenvalue weighted by atomic mass is 10.1. The molecule has 0 amide bonds. The van der Waals surface area contributed by atoms with Gasteiger partial charge in [0.05, 0.1) is 165 Å². The third-order valence-corrected chi connectivity index (χ3v) is 8.47. The van der Waals surface area contributed by atoms with Gasteiger partial charge in [-0.25, -0.2) is 0 Å². The Bertz CT molecular complexity index is 855. The van der Waals surface area contributed by atoms with Gasteiger partial charge in [0.25, 0.3) is 0 Å². The summed E-state index contributed by atoms with van der Waals surface area (Å²) in [6.45, 7) is 16.6. The van der Waals surface area contributed by atoms with Crippen LogP contribution in [0.5, 0.6) is 0 Å². The maximum Gasteiger partial charge on any atom is 0.0718 e. The second-order valence-corrected chi connectivity index (χ2v) is 13.4. The second-order valence-electron chi connectivity index (χ2n) is 13.4. The van der Waals surface area contributed by atoms with E-state index in [1.165, 1.54) is 64.2 Å². The van der Waals surface area contributed by atoms with Crippen molar-refractivity contribution in [2.45, 2.75) is 84.2 Å². The zero-order valence-electron chi connectivity index (χ0n) is 35.9. The Labute approximate surface area is 346 Å². The first-order chi connectivity index (χ1) is 28.4. The highest BCUT2D eigenvalue weighted by molar-refractivity contribution is 5.13. The lowest BCUT2D eigenvalue weighted by Gasteiger charge is -2.09. The van der Waals surface area contributed by atoms with Gasteiger partial charge in [-0.1, -0.05) is 101 Å². The quantitative estimate of drug-likeness (QED) is 0.0649. The largest absolute Gasteiger partial charge is 0.379 e. The van der Waals surface area contributed by atoms with Gasteiger partial charge < -0.3 is 61.6 Å². The maximum absolute atomic E-state index is 5.67. The van der Waals surface area contributed by atoms with Crippen molar-refractivity contribution in [1.29, 1.82) is 0 Å². The zero-order valence-corrected chi connectivity index (χ0v) is 35.9. The fraction of sp³-hybridized carbons (Fsp3) is 0.864. The molecule has 1 aromatic rings. The average molecular weight is 819 g/mol. The van der Waals surface area contributed by atoms with Gasteiger partial charge in [-0.3, -0.25) is 0 Å². The first kappa shape index (κ1) is 53.7. The van der Waals surface area contributed by atoms with E-state index in [1.807, 2.05) is 30.3 Å². The Hall–Kier alpha value is -1.30. The zero-order chi connectivity index (χ0) is 40.5. The van der Waals surface area contributed by atoms with E-state index in [2.05, 4.69) is 6.92 Å². The van der Waals surface area contributed by atoms with E-state index in [0.29, 0.717) is 165 Å². The Morgan fingerprint density at radius 2 is 0.474 bits per heavy atom. The maximum atomic E-state index is 5.67. The van der Waals surface area contributed by atoms with Crippen LogP contribution in [-0.2, 0) is 68.2 Å². The minimum Gasteiger partial charge on any atom is -0.379 e. The lowest BCUT2D eigenvalue weighted by Crippen LogP contribution is -2.15. The minimum absolute atomic E-state index is 0.512. The summed E-state index contributed by atoms with van der Waals surface area (Å²) in [5, 5.41) is 0. The normalized spacial score (nSPS) is 11.6. The van der Waals surface area contributed by atoms with Gasteiger partial charge in [0, 0.05) is 6.61 Å². The van der Waals surface area contributed by atoms with Crippen molar-refractivity contribution in [3.63, 3.8) is 0 Å². The first-order valence-electron chi connectivity index (χ1n) is 22.0. The molecule has 0 aliphatic heterocycles. The molecule has 0 radical (unpaired) electrons. The molecule has 0 aromatic heterocycles. The third kappa shape index (κ3) is 45.6. The molecule has 0 saturated heterocycles. The highest BCUT2D eigenvalue weighted by atomic mass is 16.6. The van der Waals surface area contributed by atoms with Crippen LogP contribution in [-0.4, -0.2) is 165 Å². The lowest BCUT2D eigenvalue weighted by molar-refractivity contribution is -0.0292. The molecule has 0 spiro atoms. The standard InChI is InChI=1S/C44H82O13/c1-2-3-4-5-6-7-8-9-10-11-15-18-45-19-20-46-21-22-47-23-24-48-25-26-49-27-28-50-29-30-51-31-32-52-33-34-53-35-36-54-37-38-55-39-40-56-41-42-57-43-44-16-13-12-14-17-44/h12-14,16-17H,2-11,15,18-43H2,1H3. The summed E-state index contributed by atoms with van der Waals surface area (Å²) in [7, 11) is 0. The van der Waals surface area contributed by atoms with Crippen LogP contribution in [0.25, 0.3) is 0 Å². The molecule has 0 heterocycles. The van der Waals surface area contributed by atoms with E-state index in [9.17, 15) is 0 Å². The molecule has 13 nitrogen and oxygen atoms in total. The Balaban J connectivity index is 1.59. The van der Waals surface area contributed by atoms with Gasteiger partial charge >= 0.3 is 0 Å². The molecule has 0 atom stereocenters. The van der Waals surface area contributed by atoms with Crippen molar-refractivity contribution < 1.29 is 61.6 Å². The predicted molar refractivity (Wildman–Crippen MR) is 222 cm³/mol. The van der Waals surface area contributed by atoms with Gasteiger partial charge in [0.15, 0.2) is 0 Å². The van der Waals surface area contributed by atoms with Gasteiger partial charge in [0.2, 0.25) is 0 Å². The summed E-state index contributed by atoms with van der Waals surface area (Å²) in [4.78, 5) is 0. The average Bonchev–Trinajstić information content (AvgIpc) is 3.23. The molecule has 0 aliphatic rings. The smallest absolute Gasteiger partial charge is 0.0718 e. The predicted octanol–water partition coefficient (Wildman–Crippen LogP) is 6.71. The van der Waals surface area contributed by atoms with Crippen LogP contribution in [0, 0.1) is 0 Å². The Morgan fingerprint density at radius 3 is 0.754 bits per heavy atom. The van der Waals surface area contributed by atoms with E-state index < -0.39 is 0 Å². The van der Waals surface area contributed by atoms with Crippen LogP contribution in [0.2, 0.25) is 0 Å². The molecular weight excluding hydrogens is 736 g/mol. The van der Waals surface area contributed by atoms with Crippen LogP contribution >= 0.6 is 0 Å². The molecule has 0 bridgehead atoms. The van der Waals surface area contributed by atoms with Crippen LogP contribution in [0.1, 0.15) is 83.1 Å². The highest BCUT2D eigenvalue weighted by Gasteiger charge is 1.98. The van der Waals surface area contributed by atoms with Gasteiger partial charge in [-0.05, 0) is 12.0 Å². The Kier molecular flexibility index (Phi) is 46.2. The number of benzene rings is 1. The fourth-order valence-corrected chi connectivity index (χ4v) is 5.27. The van der Waals surface area contributed by atoms with Crippen molar-refractivity contribution in [2.24, 2.45) is 0 Å². The third-order valence-electron chi connectivity index (χ3n) is 8.47. The highest BCUT2D eigenvalue weighted by Crippen LogP contribution is 2.11. The van der Waals surface area contributed by atoms with Crippen molar-refractivity contribution in [3.05, 3.63) is 35.9 Å². The van der Waals surface area contributed by atoms with E-state index in [1.54, 1.807) is 0 Å². The van der Waals surface area contributed by atoms with Crippen LogP contribution in [0.15, 0.2) is 30.3 Å². The molecular formula is C44H82O13. The number of unbranched alkanes of at least 4 members (excludes halogenated alkanes) is 10. The first-order valence-corrected chi connectivity index (χ1v) is 22.0. The van der Waals surface area contributed by atoms with E-state index in [-0.39, 0.29) is 0 Å². The summed E-state index contributed by atoms with van der Waals surface area (Å²) in [5.41, 5.74) is 1.16. The molecule has 1 rings (SSSR count). The van der Waals surface area contributed by atoms with Crippen molar-refractivity contribution in [1.82, 2.24) is 0 Å². The van der Waals surface area contributed by atoms with Gasteiger partial charge in [0.1, 0.15) is 0 Å². The van der Waals surface area contributed by atoms with E-state index >= 15 is 0 Å². The van der Waals surface area contributed by atoms with Crippen molar-refractivity contribution in [3.8, 4) is 0 Å². The second kappa shape index (κ2) is 49.1. The summed E-state index contributed by atoms with van der Waals surface area (Å²) in [6, 6.07) is 10.1. The molecule has 0 unspecified atom stereocenters. The van der Waals surface area contributed by atoms with Crippen molar-refractivity contribution >= 4 is 0 Å². The number of hydrogen-bond donors (Lipinski definition) is 0. The minimum atomic E-state index is 0.512. The van der Waals surface area contributed by atoms with Crippen molar-refractivity contribution in [2.75, 3.05) is 165 Å². The number of rotatable bonds is 50. The Morgan fingerprint density at radius 1 is 0.246 bits per heavy atom. The van der Waals surface area contributed by atoms with Gasteiger partial charge in [-0.2, -0.15) is 0 Å². The van der Waals surface area contributed by atoms with E-state index in [4.69, 9.17) is 61.6 Å². The molecule has 0 N–H and O–H groups in total. The molecule has 1 aromatic carbocycles. The molecule has 57 heavy (non-hydrogen) atoms. The molecule has 0 aliphatic carbocycles. The van der Waals surface area contributed by atoms with Crippen LogP contribution in [0.3, 0.4) is 0 Å². The van der Waals surface area contributed by atoms with Crippen LogP contribution in [0.4, 0.5) is 0 Å². The number of hydrogen-bond acceptors (Lipinski definition) is 13. The monoisotopic (exact) mass is 819 g/mol. The summed E-state index contributed by atoms with van der Waals surface area (Å²) >= 11 is 0. The molecule has 0 saturated carbocycles. The number of ether oxygens (including phenoxy) is 13. The molecule has 0 fully saturated rings. The summed E-state index contributed by atoms with van der Waals surface area (Å²) in [6.07, 6.45) is 14.9.